The molecule has 2 heterocycles. The van der Waals surface area contributed by atoms with Crippen LogP contribution in [0.15, 0.2) is 12.4 Å². The van der Waals surface area contributed by atoms with E-state index in [4.69, 9.17) is 0 Å². The van der Waals surface area contributed by atoms with Crippen LogP contribution in [0.2, 0.25) is 0 Å². The van der Waals surface area contributed by atoms with Crippen LogP contribution in [0, 0.1) is 0 Å². The van der Waals surface area contributed by atoms with Gasteiger partial charge in [0.25, 0.3) is 5.91 Å². The van der Waals surface area contributed by atoms with Gasteiger partial charge in [0.2, 0.25) is 0 Å². The number of nitrogens with zero attached hydrogens (tertiary/aromatic N) is 3. The highest BCUT2D eigenvalue weighted by molar-refractivity contribution is 5.92. The monoisotopic (exact) mass is 277 g/mol. The Labute approximate surface area is 120 Å². The number of aromatic nitrogens is 2. The van der Waals surface area contributed by atoms with E-state index < -0.39 is 0 Å². The van der Waals surface area contributed by atoms with Crippen molar-refractivity contribution in [3.63, 3.8) is 0 Å². The van der Waals surface area contributed by atoms with Crippen molar-refractivity contribution in [2.75, 3.05) is 32.0 Å². The summed E-state index contributed by atoms with van der Waals surface area (Å²) in [5.41, 5.74) is 0.368. The van der Waals surface area contributed by atoms with Gasteiger partial charge in [0.05, 0.1) is 12.4 Å². The Bertz CT molecular complexity index is 443. The van der Waals surface area contributed by atoms with Crippen LogP contribution in [0.3, 0.4) is 0 Å². The molecule has 6 nitrogen and oxygen atoms in total. The molecule has 1 saturated heterocycles. The molecular formula is C14H23N5O. The molecule has 0 aliphatic carbocycles. The zero-order valence-electron chi connectivity index (χ0n) is 12.2. The van der Waals surface area contributed by atoms with Crippen LogP contribution < -0.4 is 10.6 Å². The van der Waals surface area contributed by atoms with Crippen LogP contribution in [0.1, 0.15) is 36.7 Å². The lowest BCUT2D eigenvalue weighted by Gasteiger charge is -2.31. The molecule has 0 atom stereocenters. The van der Waals surface area contributed by atoms with Crippen LogP contribution in [0.4, 0.5) is 5.82 Å². The Morgan fingerprint density at radius 2 is 2.15 bits per heavy atom. The zero-order chi connectivity index (χ0) is 14.4. The number of hydrogen-bond acceptors (Lipinski definition) is 5. The number of piperidine rings is 1. The predicted octanol–water partition coefficient (Wildman–Crippen LogP) is 1.12. The highest BCUT2D eigenvalue weighted by atomic mass is 16.1. The van der Waals surface area contributed by atoms with Crippen LogP contribution in [0.25, 0.3) is 0 Å². The van der Waals surface area contributed by atoms with Gasteiger partial charge < -0.3 is 15.5 Å². The minimum Gasteiger partial charge on any atom is -0.372 e. The van der Waals surface area contributed by atoms with Gasteiger partial charge in [-0.1, -0.05) is 6.92 Å². The van der Waals surface area contributed by atoms with E-state index in [1.807, 2.05) is 0 Å². The van der Waals surface area contributed by atoms with Crippen molar-refractivity contribution in [3.8, 4) is 0 Å². The van der Waals surface area contributed by atoms with E-state index >= 15 is 0 Å². The van der Waals surface area contributed by atoms with Crippen LogP contribution in [-0.4, -0.2) is 53.5 Å². The fraction of sp³-hybridized carbons (Fsp3) is 0.643. The van der Waals surface area contributed by atoms with E-state index in [0.29, 0.717) is 11.5 Å². The topological polar surface area (TPSA) is 70.2 Å². The molecule has 0 bridgehead atoms. The number of nitrogens with one attached hydrogen (secondary N) is 2. The summed E-state index contributed by atoms with van der Waals surface area (Å²) < 4.78 is 0. The molecule has 2 rings (SSSR count). The standard InChI is InChI=1S/C14H23N5O/c1-3-6-19-7-4-11(5-8-19)17-14(20)12-9-16-10-13(15-2)18-12/h9-11H,3-8H2,1-2H3,(H,15,18)(H,17,20). The first-order valence-corrected chi connectivity index (χ1v) is 7.26. The van der Waals surface area contributed by atoms with Crippen molar-refractivity contribution in [1.82, 2.24) is 20.2 Å². The van der Waals surface area contributed by atoms with Gasteiger partial charge in [-0.2, -0.15) is 0 Å². The molecule has 1 aliphatic heterocycles. The summed E-state index contributed by atoms with van der Waals surface area (Å²) in [6.07, 6.45) is 6.29. The predicted molar refractivity (Wildman–Crippen MR) is 78.8 cm³/mol. The number of hydrogen-bond donors (Lipinski definition) is 2. The molecule has 110 valence electrons. The lowest BCUT2D eigenvalue weighted by molar-refractivity contribution is 0.0906. The molecule has 2 N–H and O–H groups in total. The maximum absolute atomic E-state index is 12.1. The van der Waals surface area contributed by atoms with Gasteiger partial charge in [0.15, 0.2) is 0 Å². The van der Waals surface area contributed by atoms with E-state index in [-0.39, 0.29) is 11.9 Å². The van der Waals surface area contributed by atoms with Crippen molar-refractivity contribution in [1.29, 1.82) is 0 Å². The molecule has 0 aromatic carbocycles. The van der Waals surface area contributed by atoms with Crippen molar-refractivity contribution < 1.29 is 4.79 Å². The van der Waals surface area contributed by atoms with Crippen LogP contribution in [-0.2, 0) is 0 Å². The first-order valence-electron chi connectivity index (χ1n) is 7.26. The first-order chi connectivity index (χ1) is 9.72. The molecule has 0 unspecified atom stereocenters. The molecule has 0 saturated carbocycles. The molecular weight excluding hydrogens is 254 g/mol. The minimum atomic E-state index is -0.136. The second-order valence-corrected chi connectivity index (χ2v) is 5.13. The smallest absolute Gasteiger partial charge is 0.271 e. The highest BCUT2D eigenvalue weighted by Crippen LogP contribution is 2.11. The Morgan fingerprint density at radius 1 is 1.40 bits per heavy atom. The summed E-state index contributed by atoms with van der Waals surface area (Å²) >= 11 is 0. The average Bonchev–Trinajstić information content (AvgIpc) is 2.49. The maximum atomic E-state index is 12.1. The van der Waals surface area contributed by atoms with E-state index in [1.165, 1.54) is 12.6 Å². The van der Waals surface area contributed by atoms with E-state index in [9.17, 15) is 4.79 Å². The third kappa shape index (κ3) is 3.90. The van der Waals surface area contributed by atoms with Crippen LogP contribution in [0.5, 0.6) is 0 Å². The third-order valence-electron chi connectivity index (χ3n) is 3.59. The molecule has 1 aromatic heterocycles. The van der Waals surface area contributed by atoms with E-state index in [0.717, 1.165) is 32.5 Å². The Balaban J connectivity index is 1.86. The number of amides is 1. The molecule has 6 heteroatoms. The Hall–Kier alpha value is -1.69. The van der Waals surface area contributed by atoms with Crippen molar-refractivity contribution >= 4 is 11.7 Å². The van der Waals surface area contributed by atoms with Gasteiger partial charge >= 0.3 is 0 Å². The van der Waals surface area contributed by atoms with E-state index in [1.54, 1.807) is 13.2 Å². The molecule has 1 aliphatic rings. The number of carbonyl (C=O) groups is 1. The van der Waals surface area contributed by atoms with Gasteiger partial charge in [0, 0.05) is 26.2 Å². The molecule has 20 heavy (non-hydrogen) atoms. The zero-order valence-corrected chi connectivity index (χ0v) is 12.2. The molecule has 0 radical (unpaired) electrons. The summed E-state index contributed by atoms with van der Waals surface area (Å²) in [5, 5.41) is 5.94. The molecule has 1 fully saturated rings. The molecule has 1 amide bonds. The lowest BCUT2D eigenvalue weighted by atomic mass is 10.0. The van der Waals surface area contributed by atoms with Crippen LogP contribution >= 0.6 is 0 Å². The number of likely N-dealkylation sites (tertiary alicyclic amines) is 1. The number of anilines is 1. The second kappa shape index (κ2) is 7.19. The average molecular weight is 277 g/mol. The summed E-state index contributed by atoms with van der Waals surface area (Å²) in [5.74, 6) is 0.471. The largest absolute Gasteiger partial charge is 0.372 e. The van der Waals surface area contributed by atoms with Crippen molar-refractivity contribution in [3.05, 3.63) is 18.1 Å². The van der Waals surface area contributed by atoms with Gasteiger partial charge in [-0.25, -0.2) is 4.98 Å². The fourth-order valence-electron chi connectivity index (χ4n) is 2.47. The van der Waals surface area contributed by atoms with Gasteiger partial charge in [-0.3, -0.25) is 9.78 Å². The number of rotatable bonds is 5. The summed E-state index contributed by atoms with van der Waals surface area (Å²) in [4.78, 5) is 22.8. The van der Waals surface area contributed by atoms with Gasteiger partial charge in [-0.15, -0.1) is 0 Å². The minimum absolute atomic E-state index is 0.136. The summed E-state index contributed by atoms with van der Waals surface area (Å²) in [7, 11) is 1.76. The first kappa shape index (κ1) is 14.7. The van der Waals surface area contributed by atoms with Crippen molar-refractivity contribution in [2.24, 2.45) is 0 Å². The Kier molecular flexibility index (Phi) is 5.29. The quantitative estimate of drug-likeness (QED) is 0.844. The van der Waals surface area contributed by atoms with E-state index in [2.05, 4.69) is 32.4 Å². The second-order valence-electron chi connectivity index (χ2n) is 5.13. The lowest BCUT2D eigenvalue weighted by Crippen LogP contribution is -2.45. The van der Waals surface area contributed by atoms with Gasteiger partial charge in [0.1, 0.15) is 11.5 Å². The summed E-state index contributed by atoms with van der Waals surface area (Å²) in [6.45, 7) is 5.46. The number of carbonyl (C=O) groups excluding carboxylic acids is 1. The highest BCUT2D eigenvalue weighted by Gasteiger charge is 2.21. The SMILES string of the molecule is CCCN1CCC(NC(=O)c2cncc(NC)n2)CC1. The van der Waals surface area contributed by atoms with Crippen molar-refractivity contribution in [2.45, 2.75) is 32.2 Å². The maximum Gasteiger partial charge on any atom is 0.271 e. The normalized spacial score (nSPS) is 16.9. The molecule has 0 spiro atoms. The third-order valence-corrected chi connectivity index (χ3v) is 3.59. The fourth-order valence-corrected chi connectivity index (χ4v) is 2.47. The van der Waals surface area contributed by atoms with Gasteiger partial charge in [-0.05, 0) is 25.8 Å². The molecule has 1 aromatic rings. The summed E-state index contributed by atoms with van der Waals surface area (Å²) in [6, 6.07) is 0.246. The Morgan fingerprint density at radius 3 is 2.80 bits per heavy atom.